The van der Waals surface area contributed by atoms with Gasteiger partial charge in [-0.2, -0.15) is 0 Å². The van der Waals surface area contributed by atoms with Crippen LogP contribution >= 0.6 is 0 Å². The van der Waals surface area contributed by atoms with Gasteiger partial charge in [-0.3, -0.25) is 0 Å². The van der Waals surface area contributed by atoms with Crippen LogP contribution in [0.3, 0.4) is 0 Å². The summed E-state index contributed by atoms with van der Waals surface area (Å²) in [7, 11) is -3.75. The maximum Gasteiger partial charge on any atom is 0.240 e. The van der Waals surface area contributed by atoms with E-state index in [9.17, 15) is 17.9 Å². The van der Waals surface area contributed by atoms with Gasteiger partial charge in [-0.15, -0.1) is 0 Å². The Balaban J connectivity index is 2.05. The fourth-order valence-corrected chi connectivity index (χ4v) is 3.70. The second kappa shape index (κ2) is 6.07. The molecule has 0 spiro atoms. The maximum absolute atomic E-state index is 13.3. The Labute approximate surface area is 118 Å². The van der Waals surface area contributed by atoms with Gasteiger partial charge in [0.15, 0.2) is 0 Å². The van der Waals surface area contributed by atoms with Gasteiger partial charge in [0.2, 0.25) is 10.0 Å². The van der Waals surface area contributed by atoms with Crippen molar-refractivity contribution < 1.29 is 17.9 Å². The summed E-state index contributed by atoms with van der Waals surface area (Å²) in [5.41, 5.74) is 5.24. The number of halogens is 1. The number of nitrogens with two attached hydrogens (primary N) is 1. The van der Waals surface area contributed by atoms with E-state index >= 15 is 0 Å². The minimum Gasteiger partial charge on any atom is -0.396 e. The zero-order chi connectivity index (χ0) is 14.8. The number of aliphatic hydroxyl groups is 1. The lowest BCUT2D eigenvalue weighted by atomic mass is 9.97. The Morgan fingerprint density at radius 3 is 2.70 bits per heavy atom. The molecule has 20 heavy (non-hydrogen) atoms. The first kappa shape index (κ1) is 15.2. The zero-order valence-corrected chi connectivity index (χ0v) is 11.9. The molecule has 5 nitrogen and oxygen atoms in total. The third-order valence-corrected chi connectivity index (χ3v) is 5.29. The Morgan fingerprint density at radius 1 is 1.35 bits per heavy atom. The summed E-state index contributed by atoms with van der Waals surface area (Å²) >= 11 is 0. The predicted molar refractivity (Wildman–Crippen MR) is 73.9 cm³/mol. The SMILES string of the molecule is Nc1ccc(S(=O)(=O)NCC2CCCC2CO)cc1F. The summed E-state index contributed by atoms with van der Waals surface area (Å²) in [5, 5.41) is 9.21. The van der Waals surface area contributed by atoms with Crippen molar-refractivity contribution in [2.75, 3.05) is 18.9 Å². The van der Waals surface area contributed by atoms with Crippen molar-refractivity contribution in [1.82, 2.24) is 4.72 Å². The third-order valence-electron chi connectivity index (χ3n) is 3.87. The van der Waals surface area contributed by atoms with E-state index in [4.69, 9.17) is 5.73 Å². The molecule has 0 heterocycles. The lowest BCUT2D eigenvalue weighted by molar-refractivity contribution is 0.195. The first-order valence-electron chi connectivity index (χ1n) is 6.59. The van der Waals surface area contributed by atoms with Crippen molar-refractivity contribution in [3.05, 3.63) is 24.0 Å². The van der Waals surface area contributed by atoms with Crippen molar-refractivity contribution in [1.29, 1.82) is 0 Å². The molecule has 0 radical (unpaired) electrons. The number of aliphatic hydroxyl groups excluding tert-OH is 1. The van der Waals surface area contributed by atoms with Gasteiger partial charge in [-0.1, -0.05) is 6.42 Å². The fourth-order valence-electron chi connectivity index (χ4n) is 2.60. The third kappa shape index (κ3) is 3.28. The van der Waals surface area contributed by atoms with Crippen molar-refractivity contribution >= 4 is 15.7 Å². The van der Waals surface area contributed by atoms with Gasteiger partial charge in [-0.25, -0.2) is 17.5 Å². The minimum atomic E-state index is -3.75. The van der Waals surface area contributed by atoms with E-state index in [-0.39, 0.29) is 35.6 Å². The zero-order valence-electron chi connectivity index (χ0n) is 11.0. The van der Waals surface area contributed by atoms with Crippen molar-refractivity contribution in [3.63, 3.8) is 0 Å². The van der Waals surface area contributed by atoms with Crippen molar-refractivity contribution in [2.24, 2.45) is 11.8 Å². The fraction of sp³-hybridized carbons (Fsp3) is 0.538. The van der Waals surface area contributed by atoms with Crippen LogP contribution < -0.4 is 10.5 Å². The second-order valence-electron chi connectivity index (χ2n) is 5.17. The smallest absolute Gasteiger partial charge is 0.240 e. The molecule has 2 rings (SSSR count). The molecule has 1 aliphatic carbocycles. The predicted octanol–water partition coefficient (Wildman–Crippen LogP) is 1.09. The number of rotatable bonds is 5. The van der Waals surface area contributed by atoms with Crippen LogP contribution in [0.5, 0.6) is 0 Å². The minimum absolute atomic E-state index is 0.0723. The highest BCUT2D eigenvalue weighted by atomic mass is 32.2. The van der Waals surface area contributed by atoms with E-state index in [0.717, 1.165) is 25.3 Å². The average molecular weight is 302 g/mol. The molecule has 0 aliphatic heterocycles. The number of hydrogen-bond donors (Lipinski definition) is 3. The molecule has 0 saturated heterocycles. The molecule has 2 unspecified atom stereocenters. The molecule has 1 aromatic rings. The molecule has 0 aromatic heterocycles. The number of nitrogen functional groups attached to an aromatic ring is 1. The monoisotopic (exact) mass is 302 g/mol. The van der Waals surface area contributed by atoms with Crippen LogP contribution in [0.25, 0.3) is 0 Å². The lowest BCUT2D eigenvalue weighted by Gasteiger charge is -2.17. The van der Waals surface area contributed by atoms with Gasteiger partial charge in [0.1, 0.15) is 5.82 Å². The highest BCUT2D eigenvalue weighted by molar-refractivity contribution is 7.89. The molecule has 0 bridgehead atoms. The summed E-state index contributed by atoms with van der Waals surface area (Å²) in [6, 6.07) is 3.42. The van der Waals surface area contributed by atoms with Crippen LogP contribution in [0.1, 0.15) is 19.3 Å². The van der Waals surface area contributed by atoms with E-state index in [1.165, 1.54) is 12.1 Å². The normalized spacial score (nSPS) is 23.1. The number of sulfonamides is 1. The van der Waals surface area contributed by atoms with Gasteiger partial charge in [0.25, 0.3) is 0 Å². The Kier molecular flexibility index (Phi) is 4.62. The van der Waals surface area contributed by atoms with E-state index in [1.807, 2.05) is 0 Å². The molecule has 4 N–H and O–H groups in total. The molecular formula is C13H19FN2O3S. The topological polar surface area (TPSA) is 92.4 Å². The number of benzene rings is 1. The number of hydrogen-bond acceptors (Lipinski definition) is 4. The molecular weight excluding hydrogens is 283 g/mol. The highest BCUT2D eigenvalue weighted by Gasteiger charge is 2.28. The standard InChI is InChI=1S/C13H19FN2O3S/c14-12-6-11(4-5-13(12)15)20(18,19)16-7-9-2-1-3-10(9)8-17/h4-6,9-10,16-17H,1-3,7-8,15H2. The highest BCUT2D eigenvalue weighted by Crippen LogP contribution is 2.31. The van der Waals surface area contributed by atoms with Crippen LogP contribution in [-0.4, -0.2) is 26.7 Å². The molecule has 0 amide bonds. The Morgan fingerprint density at radius 2 is 2.05 bits per heavy atom. The summed E-state index contributed by atoms with van der Waals surface area (Å²) < 4.78 is 39.9. The van der Waals surface area contributed by atoms with Gasteiger partial charge >= 0.3 is 0 Å². The van der Waals surface area contributed by atoms with Gasteiger partial charge in [-0.05, 0) is 42.9 Å². The van der Waals surface area contributed by atoms with Gasteiger partial charge < -0.3 is 10.8 Å². The average Bonchev–Trinajstić information content (AvgIpc) is 2.87. The van der Waals surface area contributed by atoms with E-state index < -0.39 is 15.8 Å². The summed E-state index contributed by atoms with van der Waals surface area (Å²) in [5.74, 6) is -0.476. The van der Waals surface area contributed by atoms with E-state index in [1.54, 1.807) is 0 Å². The molecule has 1 aliphatic rings. The van der Waals surface area contributed by atoms with Crippen LogP contribution in [-0.2, 0) is 10.0 Å². The number of nitrogens with one attached hydrogen (secondary N) is 1. The summed E-state index contributed by atoms with van der Waals surface area (Å²) in [4.78, 5) is -0.136. The summed E-state index contributed by atoms with van der Waals surface area (Å²) in [6.45, 7) is 0.336. The van der Waals surface area contributed by atoms with Crippen LogP contribution in [0, 0.1) is 17.7 Å². The quantitative estimate of drug-likeness (QED) is 0.710. The summed E-state index contributed by atoms with van der Waals surface area (Å²) in [6.07, 6.45) is 2.80. The maximum atomic E-state index is 13.3. The number of anilines is 1. The Hall–Kier alpha value is -1.18. The van der Waals surface area contributed by atoms with Gasteiger partial charge in [0.05, 0.1) is 10.6 Å². The van der Waals surface area contributed by atoms with Crippen molar-refractivity contribution in [2.45, 2.75) is 24.2 Å². The molecule has 1 fully saturated rings. The van der Waals surface area contributed by atoms with E-state index in [2.05, 4.69) is 4.72 Å². The molecule has 1 saturated carbocycles. The van der Waals surface area contributed by atoms with Gasteiger partial charge in [0, 0.05) is 13.2 Å². The van der Waals surface area contributed by atoms with Crippen LogP contribution in [0.15, 0.2) is 23.1 Å². The van der Waals surface area contributed by atoms with Crippen molar-refractivity contribution in [3.8, 4) is 0 Å². The molecule has 1 aromatic carbocycles. The first-order valence-corrected chi connectivity index (χ1v) is 8.08. The molecule has 112 valence electrons. The first-order chi connectivity index (χ1) is 9.44. The molecule has 2 atom stereocenters. The van der Waals surface area contributed by atoms with Crippen LogP contribution in [0.2, 0.25) is 0 Å². The van der Waals surface area contributed by atoms with Crippen LogP contribution in [0.4, 0.5) is 10.1 Å². The van der Waals surface area contributed by atoms with E-state index in [0.29, 0.717) is 0 Å². The molecule has 7 heteroatoms. The second-order valence-corrected chi connectivity index (χ2v) is 6.94. The largest absolute Gasteiger partial charge is 0.396 e. The Bertz CT molecular complexity index is 577. The lowest BCUT2D eigenvalue weighted by Crippen LogP contribution is -2.31.